The van der Waals surface area contributed by atoms with Crippen LogP contribution < -0.4 is 0 Å². The van der Waals surface area contributed by atoms with Crippen LogP contribution in [0.1, 0.15) is 62.8 Å². The van der Waals surface area contributed by atoms with Gasteiger partial charge in [0.25, 0.3) is 0 Å². The average Bonchev–Trinajstić information content (AvgIpc) is 3.01. The van der Waals surface area contributed by atoms with Crippen LogP contribution in [0, 0.1) is 6.92 Å². The van der Waals surface area contributed by atoms with E-state index in [1.54, 1.807) is 0 Å². The molecular formula is C22H32N2O. The summed E-state index contributed by atoms with van der Waals surface area (Å²) >= 11 is 0. The van der Waals surface area contributed by atoms with Crippen molar-refractivity contribution in [3.63, 3.8) is 0 Å². The van der Waals surface area contributed by atoms with Crippen LogP contribution in [0.15, 0.2) is 42.6 Å². The molecule has 0 unspecified atom stereocenters. The van der Waals surface area contributed by atoms with E-state index in [9.17, 15) is 4.79 Å². The molecular weight excluding hydrogens is 308 g/mol. The Morgan fingerprint density at radius 1 is 1.08 bits per heavy atom. The van der Waals surface area contributed by atoms with Gasteiger partial charge in [0, 0.05) is 31.4 Å². The van der Waals surface area contributed by atoms with E-state index in [2.05, 4.69) is 67.9 Å². The zero-order valence-corrected chi connectivity index (χ0v) is 16.0. The fourth-order valence-corrected chi connectivity index (χ4v) is 3.17. The van der Waals surface area contributed by atoms with Crippen LogP contribution in [0.25, 0.3) is 0 Å². The number of carbonyl (C=O) groups excluding carboxylic acids is 1. The summed E-state index contributed by atoms with van der Waals surface area (Å²) in [5.74, 6) is 0.280. The molecule has 0 saturated heterocycles. The second-order valence-corrected chi connectivity index (χ2v) is 6.89. The number of aryl methyl sites for hydroxylation is 1. The van der Waals surface area contributed by atoms with Crippen LogP contribution in [-0.4, -0.2) is 21.9 Å². The van der Waals surface area contributed by atoms with Crippen molar-refractivity contribution < 1.29 is 4.79 Å². The number of unbranched alkanes of at least 4 members (excludes halogenated alkanes) is 2. The first-order chi connectivity index (χ1) is 12.1. The third-order valence-electron chi connectivity index (χ3n) is 4.56. The largest absolute Gasteiger partial charge is 0.345 e. The Kier molecular flexibility index (Phi) is 7.77. The molecule has 0 aliphatic rings. The van der Waals surface area contributed by atoms with Gasteiger partial charge in [-0.1, -0.05) is 56.5 Å². The van der Waals surface area contributed by atoms with Crippen molar-refractivity contribution in [2.75, 3.05) is 6.54 Å². The average molecular weight is 341 g/mol. The van der Waals surface area contributed by atoms with Gasteiger partial charge in [-0.25, -0.2) is 0 Å². The quantitative estimate of drug-likeness (QED) is 0.548. The molecule has 25 heavy (non-hydrogen) atoms. The molecule has 3 nitrogen and oxygen atoms in total. The third kappa shape index (κ3) is 6.08. The first kappa shape index (κ1) is 19.3. The molecule has 2 aromatic rings. The predicted molar refractivity (Wildman–Crippen MR) is 105 cm³/mol. The molecule has 0 spiro atoms. The second-order valence-electron chi connectivity index (χ2n) is 6.89. The van der Waals surface area contributed by atoms with E-state index in [0.717, 1.165) is 25.9 Å². The second kappa shape index (κ2) is 10.1. The van der Waals surface area contributed by atoms with E-state index < -0.39 is 0 Å². The topological polar surface area (TPSA) is 25.2 Å². The van der Waals surface area contributed by atoms with Crippen molar-refractivity contribution in [3.8, 4) is 0 Å². The Bertz CT molecular complexity index is 660. The highest BCUT2D eigenvalue weighted by Crippen LogP contribution is 2.14. The Morgan fingerprint density at radius 3 is 2.64 bits per heavy atom. The first-order valence-corrected chi connectivity index (χ1v) is 9.61. The van der Waals surface area contributed by atoms with Crippen molar-refractivity contribution in [1.82, 2.24) is 9.47 Å². The highest BCUT2D eigenvalue weighted by atomic mass is 16.2. The molecule has 0 fully saturated rings. The molecule has 0 atom stereocenters. The summed E-state index contributed by atoms with van der Waals surface area (Å²) in [6.07, 6.45) is 7.12. The molecule has 0 radical (unpaired) electrons. The molecule has 136 valence electrons. The molecule has 0 bridgehead atoms. The Balaban J connectivity index is 2.08. The Labute approximate surface area is 152 Å². The van der Waals surface area contributed by atoms with E-state index in [0.29, 0.717) is 13.0 Å². The van der Waals surface area contributed by atoms with Crippen LogP contribution in [-0.2, 0) is 17.9 Å². The maximum Gasteiger partial charge on any atom is 0.222 e. The van der Waals surface area contributed by atoms with Crippen LogP contribution in [0.4, 0.5) is 0 Å². The molecule has 2 rings (SSSR count). The predicted octanol–water partition coefficient (Wildman–Crippen LogP) is 5.16. The number of aromatic nitrogens is 1. The minimum Gasteiger partial charge on any atom is -0.345 e. The van der Waals surface area contributed by atoms with Gasteiger partial charge >= 0.3 is 0 Å². The highest BCUT2D eigenvalue weighted by molar-refractivity contribution is 5.76. The normalized spacial score (nSPS) is 10.8. The van der Waals surface area contributed by atoms with E-state index in [1.165, 1.54) is 29.7 Å². The van der Waals surface area contributed by atoms with E-state index in [1.807, 2.05) is 4.90 Å². The lowest BCUT2D eigenvalue weighted by Crippen LogP contribution is -2.32. The van der Waals surface area contributed by atoms with E-state index >= 15 is 0 Å². The van der Waals surface area contributed by atoms with Crippen molar-refractivity contribution in [2.45, 2.75) is 66.0 Å². The molecule has 3 heteroatoms. The zero-order valence-electron chi connectivity index (χ0n) is 16.0. The molecule has 1 aromatic heterocycles. The summed E-state index contributed by atoms with van der Waals surface area (Å²) < 4.78 is 2.26. The van der Waals surface area contributed by atoms with Gasteiger partial charge in [0.2, 0.25) is 5.91 Å². The fraction of sp³-hybridized carbons (Fsp3) is 0.500. The summed E-state index contributed by atoms with van der Waals surface area (Å²) in [7, 11) is 0. The van der Waals surface area contributed by atoms with Gasteiger partial charge in [0.05, 0.1) is 6.54 Å². The first-order valence-electron chi connectivity index (χ1n) is 9.61. The number of hydrogen-bond donors (Lipinski definition) is 0. The summed E-state index contributed by atoms with van der Waals surface area (Å²) in [5, 5.41) is 0. The van der Waals surface area contributed by atoms with Crippen molar-refractivity contribution in [3.05, 3.63) is 59.4 Å². The standard InChI is InChI=1S/C22H32N2O/c1-4-6-7-14-24(22(25)10-5-2)18-21-13-9-15-23(21)17-20-12-8-11-19(3)16-20/h8-9,11-13,15-16H,4-7,10,14,17-18H2,1-3H3. The SMILES string of the molecule is CCCCCN(Cc1cccn1Cc1cccc(C)c1)C(=O)CCC. The Morgan fingerprint density at radius 2 is 1.92 bits per heavy atom. The van der Waals surface area contributed by atoms with Crippen LogP contribution in [0.2, 0.25) is 0 Å². The van der Waals surface area contributed by atoms with Gasteiger partial charge in [-0.05, 0) is 37.5 Å². The number of benzene rings is 1. The smallest absolute Gasteiger partial charge is 0.222 e. The number of hydrogen-bond acceptors (Lipinski definition) is 1. The van der Waals surface area contributed by atoms with Gasteiger partial charge in [0.15, 0.2) is 0 Å². The fourth-order valence-electron chi connectivity index (χ4n) is 3.17. The van der Waals surface area contributed by atoms with Gasteiger partial charge in [0.1, 0.15) is 0 Å². The summed E-state index contributed by atoms with van der Waals surface area (Å²) in [5.41, 5.74) is 3.79. The lowest BCUT2D eigenvalue weighted by atomic mass is 10.1. The van der Waals surface area contributed by atoms with Gasteiger partial charge in [-0.3, -0.25) is 4.79 Å². The van der Waals surface area contributed by atoms with Crippen LogP contribution >= 0.6 is 0 Å². The van der Waals surface area contributed by atoms with Crippen molar-refractivity contribution >= 4 is 5.91 Å². The zero-order chi connectivity index (χ0) is 18.1. The van der Waals surface area contributed by atoms with Crippen molar-refractivity contribution in [2.24, 2.45) is 0 Å². The summed E-state index contributed by atoms with van der Waals surface area (Å²) in [6.45, 7) is 8.82. The molecule has 0 aliphatic heterocycles. The van der Waals surface area contributed by atoms with Crippen molar-refractivity contribution in [1.29, 1.82) is 0 Å². The maximum atomic E-state index is 12.5. The van der Waals surface area contributed by atoms with Gasteiger partial charge in [-0.2, -0.15) is 0 Å². The lowest BCUT2D eigenvalue weighted by Gasteiger charge is -2.23. The minimum absolute atomic E-state index is 0.280. The molecule has 0 N–H and O–H groups in total. The molecule has 0 saturated carbocycles. The number of carbonyl (C=O) groups is 1. The number of nitrogens with zero attached hydrogens (tertiary/aromatic N) is 2. The minimum atomic E-state index is 0.280. The maximum absolute atomic E-state index is 12.5. The third-order valence-corrected chi connectivity index (χ3v) is 4.56. The number of rotatable bonds is 10. The van der Waals surface area contributed by atoms with E-state index in [4.69, 9.17) is 0 Å². The lowest BCUT2D eigenvalue weighted by molar-refractivity contribution is -0.132. The van der Waals surface area contributed by atoms with Crippen LogP contribution in [0.3, 0.4) is 0 Å². The molecule has 1 aromatic carbocycles. The highest BCUT2D eigenvalue weighted by Gasteiger charge is 2.14. The molecule has 0 aliphatic carbocycles. The summed E-state index contributed by atoms with van der Waals surface area (Å²) in [6, 6.07) is 12.8. The van der Waals surface area contributed by atoms with E-state index in [-0.39, 0.29) is 5.91 Å². The van der Waals surface area contributed by atoms with Gasteiger partial charge < -0.3 is 9.47 Å². The Hall–Kier alpha value is -2.03. The molecule has 1 amide bonds. The number of amides is 1. The summed E-state index contributed by atoms with van der Waals surface area (Å²) in [4.78, 5) is 14.5. The molecule has 1 heterocycles. The monoisotopic (exact) mass is 340 g/mol. The van der Waals surface area contributed by atoms with Gasteiger partial charge in [-0.15, -0.1) is 0 Å². The van der Waals surface area contributed by atoms with Crippen LogP contribution in [0.5, 0.6) is 0 Å².